The number of aromatic nitrogens is 4. The number of para-hydroxylation sites is 1. The number of rotatable bonds is 8. The molecule has 6 rings (SSSR count). The number of tetrazole rings is 1. The van der Waals surface area contributed by atoms with Gasteiger partial charge in [-0.3, -0.25) is 14.4 Å². The molecule has 7 atom stereocenters. The minimum absolute atomic E-state index is 0.00148. The number of β-lactam (4-membered cyclic amide) rings is 1. The molecule has 15 heteroatoms. The van der Waals surface area contributed by atoms with Crippen LogP contribution in [0.25, 0.3) is 5.69 Å². The number of nitrogens with one attached hydrogen (secondary N) is 2. The Morgan fingerprint density at radius 1 is 1.26 bits per heavy atom. The van der Waals surface area contributed by atoms with Crippen molar-refractivity contribution in [2.75, 3.05) is 19.6 Å². The van der Waals surface area contributed by atoms with Gasteiger partial charge in [-0.05, 0) is 42.3 Å². The minimum atomic E-state index is -1.16. The molecule has 5 heterocycles. The van der Waals surface area contributed by atoms with Gasteiger partial charge in [0, 0.05) is 47.8 Å². The number of likely N-dealkylation sites (tertiary alicyclic amines) is 1. The number of hydrogen-bond donors (Lipinski definition) is 4. The molecule has 0 saturated carbocycles. The quantitative estimate of drug-likeness (QED) is 0.290. The molecule has 1 unspecified atom stereocenters. The van der Waals surface area contributed by atoms with Gasteiger partial charge >= 0.3 is 5.97 Å². The number of nitrogens with zero attached hydrogens (tertiary/aromatic N) is 6. The molecule has 2 aromatic rings. The Morgan fingerprint density at radius 3 is 2.74 bits per heavy atom. The Labute approximate surface area is 246 Å². The van der Waals surface area contributed by atoms with E-state index in [9.17, 15) is 24.3 Å². The molecule has 222 valence electrons. The fraction of sp³-hybridized carbons (Fsp3) is 0.519. The van der Waals surface area contributed by atoms with E-state index in [0.717, 1.165) is 6.42 Å². The lowest BCUT2D eigenvalue weighted by Crippen LogP contribution is -2.66. The van der Waals surface area contributed by atoms with Gasteiger partial charge in [0.2, 0.25) is 11.8 Å². The first-order chi connectivity index (χ1) is 20.2. The van der Waals surface area contributed by atoms with Gasteiger partial charge in [-0.1, -0.05) is 19.1 Å². The van der Waals surface area contributed by atoms with Crippen LogP contribution in [0.4, 0.5) is 0 Å². The van der Waals surface area contributed by atoms with Crippen molar-refractivity contribution in [1.82, 2.24) is 40.6 Å². The summed E-state index contributed by atoms with van der Waals surface area (Å²) in [5, 5.41) is 27.5. The molecular formula is C27H33N9O5S. The Balaban J connectivity index is 1.14. The van der Waals surface area contributed by atoms with Crippen LogP contribution in [0, 0.1) is 11.8 Å². The van der Waals surface area contributed by atoms with Gasteiger partial charge in [-0.25, -0.2) is 4.79 Å². The van der Waals surface area contributed by atoms with Crippen LogP contribution >= 0.6 is 11.8 Å². The fourth-order valence-corrected chi connectivity index (χ4v) is 8.06. The van der Waals surface area contributed by atoms with E-state index in [1.165, 1.54) is 27.7 Å². The number of hydrogen-bond acceptors (Lipinski definition) is 10. The Hall–Kier alpha value is -3.82. The third-order valence-corrected chi connectivity index (χ3v) is 10.2. The topological polar surface area (TPSA) is 189 Å². The molecule has 4 aliphatic heterocycles. The lowest BCUT2D eigenvalue weighted by Gasteiger charge is -2.47. The Morgan fingerprint density at radius 2 is 2.05 bits per heavy atom. The van der Waals surface area contributed by atoms with Crippen LogP contribution in [0.1, 0.15) is 37.0 Å². The summed E-state index contributed by atoms with van der Waals surface area (Å²) in [5.74, 6) is -2.68. The molecule has 4 aliphatic rings. The summed E-state index contributed by atoms with van der Waals surface area (Å²) in [6, 6.07) is 5.58. The predicted octanol–water partition coefficient (Wildman–Crippen LogP) is -0.423. The molecular weight excluding hydrogens is 562 g/mol. The van der Waals surface area contributed by atoms with Gasteiger partial charge in [0.05, 0.1) is 29.3 Å². The third-order valence-electron chi connectivity index (χ3n) is 8.65. The molecule has 0 aliphatic carbocycles. The Bertz CT molecular complexity index is 1450. The maximum atomic E-state index is 13.4. The molecule has 1 aromatic heterocycles. The van der Waals surface area contributed by atoms with E-state index in [1.54, 1.807) is 36.1 Å². The smallest absolute Gasteiger partial charge is 0.353 e. The van der Waals surface area contributed by atoms with Crippen molar-refractivity contribution in [2.24, 2.45) is 17.6 Å². The zero-order chi connectivity index (χ0) is 29.7. The summed E-state index contributed by atoms with van der Waals surface area (Å²) in [6.07, 6.45) is 2.74. The number of carbonyl (C=O) groups excluding carboxylic acids is 3. The number of carbonyl (C=O) groups is 4. The summed E-state index contributed by atoms with van der Waals surface area (Å²) >= 11 is 1.44. The average molecular weight is 596 g/mol. The number of amides is 3. The van der Waals surface area contributed by atoms with Crippen LogP contribution in [0.15, 0.2) is 41.2 Å². The van der Waals surface area contributed by atoms with Crippen LogP contribution in [-0.4, -0.2) is 108 Å². The van der Waals surface area contributed by atoms with E-state index >= 15 is 0 Å². The minimum Gasteiger partial charge on any atom is -0.477 e. The zero-order valence-electron chi connectivity index (χ0n) is 23.2. The van der Waals surface area contributed by atoms with E-state index in [0.29, 0.717) is 42.2 Å². The lowest BCUT2D eigenvalue weighted by atomic mass is 9.78. The first kappa shape index (κ1) is 28.3. The zero-order valence-corrected chi connectivity index (χ0v) is 24.0. The van der Waals surface area contributed by atoms with E-state index in [1.807, 2.05) is 6.92 Å². The maximum Gasteiger partial charge on any atom is 0.353 e. The van der Waals surface area contributed by atoms with Gasteiger partial charge in [0.1, 0.15) is 12.0 Å². The van der Waals surface area contributed by atoms with E-state index in [2.05, 4.69) is 26.2 Å². The van der Waals surface area contributed by atoms with Crippen molar-refractivity contribution < 1.29 is 24.3 Å². The molecule has 42 heavy (non-hydrogen) atoms. The van der Waals surface area contributed by atoms with Crippen molar-refractivity contribution in [2.45, 2.75) is 56.1 Å². The number of aliphatic carboxylic acids is 1. The monoisotopic (exact) mass is 595 g/mol. The summed E-state index contributed by atoms with van der Waals surface area (Å²) < 4.78 is 1.39. The van der Waals surface area contributed by atoms with Crippen molar-refractivity contribution in [3.63, 3.8) is 0 Å². The van der Waals surface area contributed by atoms with Gasteiger partial charge in [0.15, 0.2) is 0 Å². The SMILES string of the molecule is CC(NC(=O)c1ccccc1-n1cnnn1)[C@H]1C(=O)N2C(C(=O)O)=C(S[C@@H]3CN[C@H](C(=O)N4CC[C@@H](N)C4)C3)[C@H](C)[C@H]12. The molecule has 5 N–H and O–H groups in total. The summed E-state index contributed by atoms with van der Waals surface area (Å²) in [7, 11) is 0. The maximum absolute atomic E-state index is 13.4. The largest absolute Gasteiger partial charge is 0.477 e. The highest BCUT2D eigenvalue weighted by Crippen LogP contribution is 2.52. The third kappa shape index (κ3) is 4.84. The predicted molar refractivity (Wildman–Crippen MR) is 151 cm³/mol. The molecule has 3 fully saturated rings. The van der Waals surface area contributed by atoms with E-state index < -0.39 is 29.9 Å². The number of carboxylic acid groups (broad SMARTS) is 1. The molecule has 14 nitrogen and oxygen atoms in total. The molecule has 3 amide bonds. The van der Waals surface area contributed by atoms with Gasteiger partial charge in [-0.2, -0.15) is 4.68 Å². The molecule has 0 radical (unpaired) electrons. The number of fused-ring (bicyclic) bond motifs is 1. The van der Waals surface area contributed by atoms with Crippen molar-refractivity contribution in [1.29, 1.82) is 0 Å². The normalized spacial score (nSPS) is 29.5. The second-order valence-electron chi connectivity index (χ2n) is 11.3. The molecule has 3 saturated heterocycles. The van der Waals surface area contributed by atoms with Gasteiger partial charge in [0.25, 0.3) is 5.91 Å². The van der Waals surface area contributed by atoms with Crippen LogP contribution in [0.5, 0.6) is 0 Å². The van der Waals surface area contributed by atoms with Crippen LogP contribution in [0.2, 0.25) is 0 Å². The van der Waals surface area contributed by atoms with Crippen molar-refractivity contribution >= 4 is 35.5 Å². The molecule has 1 aromatic carbocycles. The van der Waals surface area contributed by atoms with E-state index in [4.69, 9.17) is 5.73 Å². The number of nitrogens with two attached hydrogens (primary N) is 1. The summed E-state index contributed by atoms with van der Waals surface area (Å²) in [5.41, 5.74) is 6.81. The number of thioether (sulfide) groups is 1. The Kier molecular flexibility index (Phi) is 7.49. The molecule has 0 bridgehead atoms. The van der Waals surface area contributed by atoms with Crippen molar-refractivity contribution in [3.8, 4) is 5.69 Å². The average Bonchev–Trinajstić information content (AvgIpc) is 3.77. The van der Waals surface area contributed by atoms with Crippen molar-refractivity contribution in [3.05, 3.63) is 46.8 Å². The van der Waals surface area contributed by atoms with Gasteiger partial charge in [-0.15, -0.1) is 16.9 Å². The summed E-state index contributed by atoms with van der Waals surface area (Å²) in [4.78, 5) is 55.8. The highest BCUT2D eigenvalue weighted by molar-refractivity contribution is 8.03. The lowest BCUT2D eigenvalue weighted by molar-refractivity contribution is -0.158. The standard InChI is InChI=1S/C27H33N9O5S/c1-13-21-20(14(2)31-24(37)17-5-3-4-6-19(17)35-12-30-32-33-35)26(39)36(21)22(27(40)41)23(13)42-16-9-18(29-10-16)25(38)34-8-7-15(28)11-34/h3-6,12-16,18,20-21,29H,7-11,28H2,1-2H3,(H,31,37)(H,40,41)/t13-,14?,15-,16+,18+,20-,21-/m1/s1. The van der Waals surface area contributed by atoms with E-state index in [-0.39, 0.29) is 40.8 Å². The number of benzene rings is 1. The van der Waals surface area contributed by atoms with Crippen LogP contribution in [-0.2, 0) is 14.4 Å². The highest BCUT2D eigenvalue weighted by Gasteiger charge is 2.60. The van der Waals surface area contributed by atoms with Gasteiger partial charge < -0.3 is 31.3 Å². The first-order valence-electron chi connectivity index (χ1n) is 14.0. The second kappa shape index (κ2) is 11.1. The van der Waals surface area contributed by atoms with Crippen LogP contribution in [0.3, 0.4) is 0 Å². The highest BCUT2D eigenvalue weighted by atomic mass is 32.2. The first-order valence-corrected chi connectivity index (χ1v) is 14.9. The second-order valence-corrected chi connectivity index (χ2v) is 12.7. The fourth-order valence-electron chi connectivity index (χ4n) is 6.58. The number of carboxylic acids is 1. The van der Waals surface area contributed by atoms with Crippen LogP contribution < -0.4 is 16.4 Å². The summed E-state index contributed by atoms with van der Waals surface area (Å²) in [6.45, 7) is 5.45. The molecule has 0 spiro atoms.